The standard InChI is InChI=1S/C37H39N7O4.C27H21N5O4.C10H20N2O.2CH4/c1-20-32(21(2)48-43-20)29-18-30-28(19-31(29)46-4)33-35(39-22(3)40-36(33)42-30)26-7-8-27(34-25(26)6-5-13-38-34)37(45)41-23-9-14-44(15-10-23)24-11-16-47-17-12-24;1-13-23(14(2)36-32-13)19-10-20-18(11-22(19)34-4)24-26(29-15(3)30-27(24)31-20)17-7-8-21(35-12-33)25-16(17)6-5-9-28-25;11-9-1-5-12(6-2-9)10-3-7-13-8-4-10;;/h5-8,13,18-19,23-24H,9-12,14-17H2,1-4H3,(H,41,45)(H,39,40,42);5-12H,1-4H3,(H,29,30,31);9-10H,1-8,11H2;2*1H4. The van der Waals surface area contributed by atoms with Gasteiger partial charge >= 0.3 is 0 Å². The SMILES string of the molecule is C.C.COc1cc2c(cc1-c1c(C)noc1C)[nH]c1nc(C)nc(-c3ccc(C(=O)NC4CCN(C5CCOCC5)CC4)c4ncccc34)c12.COc1cc2c(cc1-c1c(C)noc1C)[nH]c1nc(C)nc(-c3ccc(OC=O)c4ncccc34)c12.NC1CCN(C2CCOCC2)CC1. The van der Waals surface area contributed by atoms with Crippen LogP contribution in [0.4, 0.5) is 0 Å². The first-order valence-electron chi connectivity index (χ1n) is 33.4. The molecule has 0 aliphatic carbocycles. The maximum absolute atomic E-state index is 13.8. The fourth-order valence-corrected chi connectivity index (χ4v) is 14.8. The largest absolute Gasteiger partial charge is 0.496 e. The van der Waals surface area contributed by atoms with Crippen LogP contribution in [0.25, 0.3) is 110 Å². The summed E-state index contributed by atoms with van der Waals surface area (Å²) >= 11 is 0. The molecule has 4 aliphatic heterocycles. The van der Waals surface area contributed by atoms with Crippen molar-refractivity contribution >= 4 is 78.1 Å². The molecule has 23 heteroatoms. The summed E-state index contributed by atoms with van der Waals surface area (Å²) in [5.41, 5.74) is 19.2. The normalized spacial score (nSPS) is 16.1. The van der Waals surface area contributed by atoms with Gasteiger partial charge < -0.3 is 63.5 Å². The number of fused-ring (bicyclic) bond motifs is 8. The lowest BCUT2D eigenvalue weighted by Gasteiger charge is -2.39. The summed E-state index contributed by atoms with van der Waals surface area (Å²) in [7, 11) is 3.31. The fourth-order valence-electron chi connectivity index (χ4n) is 14.8. The van der Waals surface area contributed by atoms with Gasteiger partial charge in [0.1, 0.15) is 51.5 Å². The number of likely N-dealkylation sites (tertiary alicyclic amines) is 2. The molecule has 0 spiro atoms. The minimum Gasteiger partial charge on any atom is -0.496 e. The van der Waals surface area contributed by atoms with E-state index in [9.17, 15) is 9.59 Å². The van der Waals surface area contributed by atoms with Crippen LogP contribution in [0, 0.1) is 41.5 Å². The monoisotopic (exact) mass is 1340 g/mol. The van der Waals surface area contributed by atoms with E-state index in [-0.39, 0.29) is 26.8 Å². The van der Waals surface area contributed by atoms with Crippen LogP contribution in [0.15, 0.2) is 94.2 Å². The van der Waals surface area contributed by atoms with Gasteiger partial charge in [0.15, 0.2) is 5.75 Å². The van der Waals surface area contributed by atoms with Gasteiger partial charge in [-0.3, -0.25) is 19.6 Å². The van der Waals surface area contributed by atoms with Crippen molar-refractivity contribution in [3.8, 4) is 62.0 Å². The molecule has 23 nitrogen and oxygen atoms in total. The van der Waals surface area contributed by atoms with E-state index >= 15 is 0 Å². The smallest absolute Gasteiger partial charge is 0.298 e. The van der Waals surface area contributed by atoms with Gasteiger partial charge in [-0.25, -0.2) is 19.9 Å². The van der Waals surface area contributed by atoms with Crippen molar-refractivity contribution in [1.29, 1.82) is 0 Å². The van der Waals surface area contributed by atoms with Crippen LogP contribution >= 0.6 is 0 Å². The van der Waals surface area contributed by atoms with E-state index in [1.54, 1.807) is 32.7 Å². The molecule has 12 aromatic rings. The number of rotatable bonds is 12. The van der Waals surface area contributed by atoms with E-state index in [0.29, 0.717) is 75.5 Å². The zero-order valence-electron chi connectivity index (χ0n) is 56.0. The van der Waals surface area contributed by atoms with Crippen LogP contribution in [-0.4, -0.2) is 163 Å². The molecule has 4 fully saturated rings. The van der Waals surface area contributed by atoms with E-state index in [0.717, 1.165) is 182 Å². The number of pyridine rings is 2. The van der Waals surface area contributed by atoms with Crippen LogP contribution in [-0.2, 0) is 14.3 Å². The van der Waals surface area contributed by atoms with Crippen molar-refractivity contribution in [2.45, 2.75) is 132 Å². The molecule has 0 atom stereocenters. The first kappa shape index (κ1) is 69.1. The zero-order valence-corrected chi connectivity index (χ0v) is 56.0. The Morgan fingerprint density at radius 2 is 1.03 bits per heavy atom. The highest BCUT2D eigenvalue weighted by Gasteiger charge is 2.31. The number of carbonyl (C=O) groups is 2. The number of aromatic nitrogens is 10. The molecular formula is C76H88N14O9. The third-order valence-corrected chi connectivity index (χ3v) is 19.7. The van der Waals surface area contributed by atoms with Crippen molar-refractivity contribution < 1.29 is 42.3 Å². The van der Waals surface area contributed by atoms with Crippen molar-refractivity contribution in [2.75, 3.05) is 66.8 Å². The molecule has 5 N–H and O–H groups in total. The number of aryl methyl sites for hydroxylation is 6. The second-order valence-electron chi connectivity index (χ2n) is 25.7. The van der Waals surface area contributed by atoms with Crippen molar-refractivity contribution in [3.63, 3.8) is 0 Å². The average Bonchev–Trinajstić information content (AvgIpc) is 1.63. The number of ether oxygens (including phenoxy) is 5. The molecule has 516 valence electrons. The van der Waals surface area contributed by atoms with Gasteiger partial charge in [0.05, 0.1) is 70.0 Å². The van der Waals surface area contributed by atoms with Gasteiger partial charge in [-0.1, -0.05) is 43.4 Å². The van der Waals surface area contributed by atoms with Crippen molar-refractivity contribution in [1.82, 2.24) is 65.3 Å². The highest BCUT2D eigenvalue weighted by Crippen LogP contribution is 2.45. The van der Waals surface area contributed by atoms with E-state index in [4.69, 9.17) is 58.4 Å². The van der Waals surface area contributed by atoms with E-state index < -0.39 is 0 Å². The van der Waals surface area contributed by atoms with E-state index in [2.05, 4.69) is 51.4 Å². The summed E-state index contributed by atoms with van der Waals surface area (Å²) in [6, 6.07) is 25.2. The highest BCUT2D eigenvalue weighted by molar-refractivity contribution is 6.18. The molecule has 0 saturated carbocycles. The van der Waals surface area contributed by atoms with Crippen molar-refractivity contribution in [3.05, 3.63) is 125 Å². The Labute approximate surface area is 574 Å². The first-order valence-corrected chi connectivity index (χ1v) is 33.4. The number of hydrogen-bond donors (Lipinski definition) is 4. The number of H-pyrrole nitrogens is 2. The summed E-state index contributed by atoms with van der Waals surface area (Å²) in [6.45, 7) is 19.7. The van der Waals surface area contributed by atoms with Gasteiger partial charge in [0, 0.05) is 131 Å². The fraction of sp³-hybridized carbons (Fsp3) is 0.395. The maximum atomic E-state index is 13.8. The minimum atomic E-state index is -0.0949. The lowest BCUT2D eigenvalue weighted by Crippen LogP contribution is -2.49. The van der Waals surface area contributed by atoms with E-state index in [1.807, 2.05) is 102 Å². The van der Waals surface area contributed by atoms with E-state index in [1.165, 1.54) is 38.8 Å². The summed E-state index contributed by atoms with van der Waals surface area (Å²) in [4.78, 5) is 65.4. The number of aromatic amines is 2. The van der Waals surface area contributed by atoms with Gasteiger partial charge in [0.25, 0.3) is 12.4 Å². The number of methoxy groups -OCH3 is 2. The van der Waals surface area contributed by atoms with Crippen molar-refractivity contribution in [2.24, 2.45) is 5.73 Å². The quantitative estimate of drug-likeness (QED) is 0.0827. The number of carbonyl (C=O) groups excluding carboxylic acids is 2. The predicted molar refractivity (Wildman–Crippen MR) is 385 cm³/mol. The maximum Gasteiger partial charge on any atom is 0.298 e. The third-order valence-electron chi connectivity index (χ3n) is 19.7. The summed E-state index contributed by atoms with van der Waals surface area (Å²) in [5.74, 6) is 4.36. The highest BCUT2D eigenvalue weighted by atomic mass is 16.5. The van der Waals surface area contributed by atoms with Gasteiger partial charge in [-0.2, -0.15) is 0 Å². The Hall–Kier alpha value is -9.78. The van der Waals surface area contributed by atoms with Gasteiger partial charge in [0.2, 0.25) is 0 Å². The molecular weight excluding hydrogens is 1250 g/mol. The van der Waals surface area contributed by atoms with Crippen LogP contribution in [0.5, 0.6) is 17.2 Å². The molecule has 12 heterocycles. The second kappa shape index (κ2) is 29.7. The molecule has 1 amide bonds. The summed E-state index contributed by atoms with van der Waals surface area (Å²) in [6.07, 6.45) is 12.3. The molecule has 99 heavy (non-hydrogen) atoms. The lowest BCUT2D eigenvalue weighted by atomic mass is 9.96. The van der Waals surface area contributed by atoms with Gasteiger partial charge in [-0.05, 0) is 161 Å². The van der Waals surface area contributed by atoms with Crippen LogP contribution in [0.3, 0.4) is 0 Å². The lowest BCUT2D eigenvalue weighted by molar-refractivity contribution is -0.120. The molecule has 4 saturated heterocycles. The predicted octanol–water partition coefficient (Wildman–Crippen LogP) is 13.6. The first-order chi connectivity index (χ1) is 47.2. The number of piperidine rings is 2. The molecule has 0 bridgehead atoms. The summed E-state index contributed by atoms with van der Waals surface area (Å²) < 4.78 is 38.7. The van der Waals surface area contributed by atoms with Crippen LogP contribution in [0.1, 0.15) is 111 Å². The minimum absolute atomic E-state index is 0. The summed E-state index contributed by atoms with van der Waals surface area (Å²) in [5, 5.41) is 16.8. The number of nitrogens with two attached hydrogens (primary N) is 1. The second-order valence-corrected chi connectivity index (χ2v) is 25.7. The molecule has 16 rings (SSSR count). The Morgan fingerprint density at radius 3 is 1.49 bits per heavy atom. The number of nitrogens with zero attached hydrogens (tertiary/aromatic N) is 10. The topological polar surface area (TPSA) is 286 Å². The molecule has 4 aromatic carbocycles. The third kappa shape index (κ3) is 13.6. The Kier molecular flexibility index (Phi) is 20.8. The van der Waals surface area contributed by atoms with Crippen LogP contribution < -0.4 is 25.3 Å². The Balaban J connectivity index is 0.000000160. The van der Waals surface area contributed by atoms with Crippen LogP contribution in [0.2, 0.25) is 0 Å². The van der Waals surface area contributed by atoms with Gasteiger partial charge in [-0.15, -0.1) is 0 Å². The Morgan fingerprint density at radius 1 is 0.566 bits per heavy atom. The molecule has 4 aliphatic rings. The molecule has 8 aromatic heterocycles. The number of amides is 1. The average molecular weight is 1340 g/mol. The Bertz CT molecular complexity index is 4880. The number of hydrogen-bond acceptors (Lipinski definition) is 20. The number of benzene rings is 4. The molecule has 0 radical (unpaired) electrons. The zero-order chi connectivity index (χ0) is 67.0. The molecule has 0 unspecified atom stereocenters. The number of nitrogens with one attached hydrogen (secondary N) is 3.